The van der Waals surface area contributed by atoms with Crippen LogP contribution in [0, 0.1) is 6.92 Å². The molecule has 0 bridgehead atoms. The Morgan fingerprint density at radius 3 is 2.73 bits per heavy atom. The number of aryl methyl sites for hydroxylation is 1. The van der Waals surface area contributed by atoms with Gasteiger partial charge in [-0.25, -0.2) is 0 Å². The summed E-state index contributed by atoms with van der Waals surface area (Å²) in [6.45, 7) is 2.03. The number of fused-ring (bicyclic) bond motifs is 1. The number of pyridine rings is 1. The molecule has 2 rings (SSSR count). The molecule has 0 saturated heterocycles. The molecule has 0 aromatic carbocycles. The lowest BCUT2D eigenvalue weighted by Gasteiger charge is -1.99. The van der Waals surface area contributed by atoms with Crippen LogP contribution in [-0.2, 0) is 0 Å². The quantitative estimate of drug-likeness (QED) is 0.525. The van der Waals surface area contributed by atoms with Gasteiger partial charge in [-0.15, -0.1) is 0 Å². The maximum absolute atomic E-state index is 4.24. The highest BCUT2D eigenvalue weighted by atomic mass is 14.6. The minimum Gasteiger partial charge on any atom is -0.261 e. The van der Waals surface area contributed by atoms with E-state index in [0.29, 0.717) is 0 Å². The zero-order valence-corrected chi connectivity index (χ0v) is 6.67. The van der Waals surface area contributed by atoms with Gasteiger partial charge in [-0.2, -0.15) is 0 Å². The molecular formula is C10H11N. The SMILES string of the molecule is Cc1cc2c(cn1)=CCCC=2. The van der Waals surface area contributed by atoms with Crippen molar-refractivity contribution in [3.63, 3.8) is 0 Å². The first-order chi connectivity index (χ1) is 5.36. The zero-order valence-electron chi connectivity index (χ0n) is 6.67. The van der Waals surface area contributed by atoms with E-state index < -0.39 is 0 Å². The molecule has 0 aliphatic heterocycles. The second kappa shape index (κ2) is 2.50. The maximum Gasteiger partial charge on any atom is 0.0378 e. The number of aromatic nitrogens is 1. The van der Waals surface area contributed by atoms with E-state index in [1.165, 1.54) is 16.9 Å². The molecule has 1 aliphatic carbocycles. The molecule has 1 nitrogen and oxygen atoms in total. The van der Waals surface area contributed by atoms with Gasteiger partial charge in [0.15, 0.2) is 0 Å². The molecule has 1 aromatic heterocycles. The summed E-state index contributed by atoms with van der Waals surface area (Å²) in [6, 6.07) is 2.14. The molecule has 11 heavy (non-hydrogen) atoms. The third-order valence-electron chi connectivity index (χ3n) is 2.00. The molecular weight excluding hydrogens is 134 g/mol. The monoisotopic (exact) mass is 145 g/mol. The van der Waals surface area contributed by atoms with Gasteiger partial charge >= 0.3 is 0 Å². The van der Waals surface area contributed by atoms with E-state index in [-0.39, 0.29) is 0 Å². The summed E-state index contributed by atoms with van der Waals surface area (Å²) in [5.41, 5.74) is 1.11. The van der Waals surface area contributed by atoms with E-state index in [9.17, 15) is 0 Å². The van der Waals surface area contributed by atoms with E-state index in [0.717, 1.165) is 12.1 Å². The molecule has 0 atom stereocenters. The van der Waals surface area contributed by atoms with Crippen molar-refractivity contribution in [2.24, 2.45) is 0 Å². The molecule has 0 saturated carbocycles. The second-order valence-electron chi connectivity index (χ2n) is 2.94. The van der Waals surface area contributed by atoms with Gasteiger partial charge in [0.25, 0.3) is 0 Å². The van der Waals surface area contributed by atoms with Gasteiger partial charge in [-0.05, 0) is 36.3 Å². The highest BCUT2D eigenvalue weighted by Gasteiger charge is 1.92. The van der Waals surface area contributed by atoms with Crippen molar-refractivity contribution in [3.8, 4) is 0 Å². The Kier molecular flexibility index (Phi) is 1.50. The minimum atomic E-state index is 1.11. The molecule has 56 valence electrons. The molecule has 1 heteroatoms. The number of hydrogen-bond donors (Lipinski definition) is 0. The van der Waals surface area contributed by atoms with Crippen LogP contribution in [0.1, 0.15) is 18.5 Å². The van der Waals surface area contributed by atoms with Crippen LogP contribution in [0.25, 0.3) is 12.2 Å². The Balaban J connectivity index is 2.80. The Bertz CT molecular complexity index is 376. The van der Waals surface area contributed by atoms with Crippen molar-refractivity contribution in [2.75, 3.05) is 0 Å². The average molecular weight is 145 g/mol. The summed E-state index contributed by atoms with van der Waals surface area (Å²) in [5, 5.41) is 2.64. The van der Waals surface area contributed by atoms with Gasteiger partial charge in [-0.1, -0.05) is 12.2 Å². The standard InChI is InChI=1S/C10H11N/c1-8-6-9-4-2-3-5-10(9)7-11-8/h4-7H,2-3H2,1H3. The van der Waals surface area contributed by atoms with Crippen molar-refractivity contribution in [1.29, 1.82) is 0 Å². The van der Waals surface area contributed by atoms with Gasteiger partial charge in [0, 0.05) is 11.9 Å². The predicted molar refractivity (Wildman–Crippen MR) is 46.4 cm³/mol. The summed E-state index contributed by atoms with van der Waals surface area (Å²) in [4.78, 5) is 4.24. The average Bonchev–Trinajstić information content (AvgIpc) is 2.04. The van der Waals surface area contributed by atoms with Crippen LogP contribution in [0.3, 0.4) is 0 Å². The van der Waals surface area contributed by atoms with E-state index in [2.05, 4.69) is 23.2 Å². The van der Waals surface area contributed by atoms with Gasteiger partial charge in [0.05, 0.1) is 0 Å². The lowest BCUT2D eigenvalue weighted by Crippen LogP contribution is -2.27. The van der Waals surface area contributed by atoms with E-state index >= 15 is 0 Å². The van der Waals surface area contributed by atoms with Gasteiger partial charge in [0.2, 0.25) is 0 Å². The minimum absolute atomic E-state index is 1.11. The summed E-state index contributed by atoms with van der Waals surface area (Å²) < 4.78 is 0. The highest BCUT2D eigenvalue weighted by molar-refractivity contribution is 5.37. The highest BCUT2D eigenvalue weighted by Crippen LogP contribution is 1.94. The molecule has 0 spiro atoms. The Labute approximate surface area is 66.1 Å². The van der Waals surface area contributed by atoms with Gasteiger partial charge < -0.3 is 0 Å². The van der Waals surface area contributed by atoms with Crippen LogP contribution in [0.4, 0.5) is 0 Å². The smallest absolute Gasteiger partial charge is 0.0378 e. The third-order valence-corrected chi connectivity index (χ3v) is 2.00. The molecule has 0 radical (unpaired) electrons. The van der Waals surface area contributed by atoms with Crippen molar-refractivity contribution in [2.45, 2.75) is 19.8 Å². The summed E-state index contributed by atoms with van der Waals surface area (Å²) in [5.74, 6) is 0. The van der Waals surface area contributed by atoms with Gasteiger partial charge in [-0.3, -0.25) is 4.98 Å². The predicted octanol–water partition coefficient (Wildman–Crippen LogP) is 0.745. The van der Waals surface area contributed by atoms with Crippen molar-refractivity contribution >= 4 is 12.2 Å². The van der Waals surface area contributed by atoms with Crippen molar-refractivity contribution < 1.29 is 0 Å². The Morgan fingerprint density at radius 1 is 1.18 bits per heavy atom. The van der Waals surface area contributed by atoms with Crippen molar-refractivity contribution in [3.05, 3.63) is 28.4 Å². The summed E-state index contributed by atoms with van der Waals surface area (Å²) in [7, 11) is 0. The number of rotatable bonds is 0. The van der Waals surface area contributed by atoms with Gasteiger partial charge in [0.1, 0.15) is 0 Å². The van der Waals surface area contributed by atoms with Crippen LogP contribution in [-0.4, -0.2) is 4.98 Å². The first kappa shape index (κ1) is 6.59. The van der Waals surface area contributed by atoms with E-state index in [4.69, 9.17) is 0 Å². The first-order valence-corrected chi connectivity index (χ1v) is 3.99. The molecule has 0 unspecified atom stereocenters. The molecule has 0 amide bonds. The lowest BCUT2D eigenvalue weighted by atomic mass is 10.1. The molecule has 1 aliphatic rings. The fourth-order valence-corrected chi connectivity index (χ4v) is 1.42. The normalized spacial score (nSPS) is 14.6. The third kappa shape index (κ3) is 1.18. The van der Waals surface area contributed by atoms with Crippen LogP contribution in [0.5, 0.6) is 0 Å². The summed E-state index contributed by atoms with van der Waals surface area (Å²) >= 11 is 0. The molecule has 1 aromatic rings. The number of hydrogen-bond acceptors (Lipinski definition) is 1. The molecule has 1 heterocycles. The zero-order chi connectivity index (χ0) is 7.68. The largest absolute Gasteiger partial charge is 0.261 e. The Hall–Kier alpha value is -1.11. The topological polar surface area (TPSA) is 12.9 Å². The van der Waals surface area contributed by atoms with E-state index in [1.54, 1.807) is 0 Å². The first-order valence-electron chi connectivity index (χ1n) is 3.99. The number of nitrogens with zero attached hydrogens (tertiary/aromatic N) is 1. The second-order valence-corrected chi connectivity index (χ2v) is 2.94. The fraction of sp³-hybridized carbons (Fsp3) is 0.300. The van der Waals surface area contributed by atoms with Crippen LogP contribution in [0.15, 0.2) is 12.3 Å². The van der Waals surface area contributed by atoms with Crippen LogP contribution < -0.4 is 10.4 Å². The lowest BCUT2D eigenvalue weighted by molar-refractivity contribution is 1.08. The van der Waals surface area contributed by atoms with Crippen LogP contribution in [0.2, 0.25) is 0 Å². The fourth-order valence-electron chi connectivity index (χ4n) is 1.42. The Morgan fingerprint density at radius 2 is 1.91 bits per heavy atom. The maximum atomic E-state index is 4.24. The molecule has 0 N–H and O–H groups in total. The summed E-state index contributed by atoms with van der Waals surface area (Å²) in [6.07, 6.45) is 8.83. The van der Waals surface area contributed by atoms with Crippen molar-refractivity contribution in [1.82, 2.24) is 4.98 Å². The molecule has 0 fully saturated rings. The van der Waals surface area contributed by atoms with Crippen LogP contribution >= 0.6 is 0 Å². The van der Waals surface area contributed by atoms with E-state index in [1.807, 2.05) is 13.1 Å².